The van der Waals surface area contributed by atoms with E-state index in [2.05, 4.69) is 4.98 Å². The molecule has 33 heavy (non-hydrogen) atoms. The molecule has 1 atom stereocenters. The van der Waals surface area contributed by atoms with Gasteiger partial charge in [0.05, 0.1) is 5.41 Å². The normalized spacial score (nSPS) is 22.8. The Morgan fingerprint density at radius 2 is 1.73 bits per heavy atom. The van der Waals surface area contributed by atoms with Gasteiger partial charge in [-0.05, 0) is 55.2 Å². The molecule has 2 heterocycles. The van der Waals surface area contributed by atoms with E-state index in [9.17, 15) is 14.4 Å². The predicted octanol–water partition coefficient (Wildman–Crippen LogP) is 3.36. The first-order chi connectivity index (χ1) is 16.0. The van der Waals surface area contributed by atoms with E-state index < -0.39 is 5.41 Å². The van der Waals surface area contributed by atoms with Crippen LogP contribution in [0.1, 0.15) is 49.8 Å². The lowest BCUT2D eigenvalue weighted by Gasteiger charge is -2.33. The molecule has 6 heteroatoms. The number of pyridine rings is 1. The predicted molar refractivity (Wildman–Crippen MR) is 124 cm³/mol. The summed E-state index contributed by atoms with van der Waals surface area (Å²) in [7, 11) is 1.89. The number of imide groups is 1. The second-order valence-electron chi connectivity index (χ2n) is 9.89. The molecular weight excluding hydrogens is 414 g/mol. The maximum atomic E-state index is 13.8. The number of carbonyl (C=O) groups is 3. The molecule has 5 rings (SSSR count). The zero-order valence-corrected chi connectivity index (χ0v) is 19.2. The highest BCUT2D eigenvalue weighted by atomic mass is 16.2. The number of carbonyl (C=O) groups excluding carboxylic acids is 3. The van der Waals surface area contributed by atoms with Crippen molar-refractivity contribution in [3.63, 3.8) is 0 Å². The van der Waals surface area contributed by atoms with Gasteiger partial charge in [0.2, 0.25) is 17.7 Å². The van der Waals surface area contributed by atoms with Crippen molar-refractivity contribution in [3.8, 4) is 0 Å². The second-order valence-corrected chi connectivity index (χ2v) is 9.89. The molecule has 3 fully saturated rings. The summed E-state index contributed by atoms with van der Waals surface area (Å²) >= 11 is 0. The second kappa shape index (κ2) is 8.73. The molecule has 3 amide bonds. The number of hydrogen-bond donors (Lipinski definition) is 0. The highest BCUT2D eigenvalue weighted by Crippen LogP contribution is 2.48. The number of hydrogen-bond acceptors (Lipinski definition) is 4. The fourth-order valence-corrected chi connectivity index (χ4v) is 5.46. The standard InChI is InChI=1S/C27H31N3O3/c1-29(25(19-10-11-19)20-12-13-20)23(31)17-27(21-7-3-2-4-8-21)18-24(32)30(26(27)33)16-14-22-9-5-6-15-28-22/h2-9,15,19-20,25H,10-14,16-18H2,1H3/t27-/m0/s1. The quantitative estimate of drug-likeness (QED) is 0.555. The largest absolute Gasteiger partial charge is 0.342 e. The van der Waals surface area contributed by atoms with Gasteiger partial charge in [-0.2, -0.15) is 0 Å². The molecule has 0 N–H and O–H groups in total. The van der Waals surface area contributed by atoms with E-state index in [1.807, 2.05) is 60.5 Å². The monoisotopic (exact) mass is 445 g/mol. The van der Waals surface area contributed by atoms with Gasteiger partial charge in [0.25, 0.3) is 0 Å². The van der Waals surface area contributed by atoms with Gasteiger partial charge in [0.1, 0.15) is 0 Å². The average Bonchev–Trinajstić information content (AvgIpc) is 3.76. The van der Waals surface area contributed by atoms with E-state index in [0.717, 1.165) is 11.3 Å². The van der Waals surface area contributed by atoms with Crippen LogP contribution in [0.25, 0.3) is 0 Å². The summed E-state index contributed by atoms with van der Waals surface area (Å²) in [6.45, 7) is 0.278. The summed E-state index contributed by atoms with van der Waals surface area (Å²) in [6, 6.07) is 15.3. The average molecular weight is 446 g/mol. The zero-order valence-electron chi connectivity index (χ0n) is 19.2. The molecule has 6 nitrogen and oxygen atoms in total. The van der Waals surface area contributed by atoms with Crippen molar-refractivity contribution < 1.29 is 14.4 Å². The van der Waals surface area contributed by atoms with Crippen molar-refractivity contribution in [2.45, 2.75) is 56.4 Å². The summed E-state index contributed by atoms with van der Waals surface area (Å²) in [5, 5.41) is 0. The van der Waals surface area contributed by atoms with Crippen molar-refractivity contribution in [2.24, 2.45) is 11.8 Å². The number of likely N-dealkylation sites (tertiary alicyclic amines) is 1. The molecule has 2 aliphatic carbocycles. The molecule has 0 spiro atoms. The van der Waals surface area contributed by atoms with Gasteiger partial charge >= 0.3 is 0 Å². The van der Waals surface area contributed by atoms with Crippen LogP contribution in [-0.2, 0) is 26.2 Å². The van der Waals surface area contributed by atoms with Gasteiger partial charge in [0, 0.05) is 50.8 Å². The fourth-order valence-electron chi connectivity index (χ4n) is 5.46. The lowest BCUT2D eigenvalue weighted by Crippen LogP contribution is -2.46. The third-order valence-corrected chi connectivity index (χ3v) is 7.56. The highest BCUT2D eigenvalue weighted by Gasteiger charge is 2.54. The first-order valence-electron chi connectivity index (χ1n) is 12.1. The summed E-state index contributed by atoms with van der Waals surface area (Å²) in [4.78, 5) is 48.0. The number of nitrogens with zero attached hydrogens (tertiary/aromatic N) is 3. The fraction of sp³-hybridized carbons (Fsp3) is 0.481. The van der Waals surface area contributed by atoms with Crippen molar-refractivity contribution >= 4 is 17.7 Å². The minimum absolute atomic E-state index is 0.0321. The zero-order chi connectivity index (χ0) is 23.0. The lowest BCUT2D eigenvalue weighted by molar-refractivity contribution is -0.143. The van der Waals surface area contributed by atoms with Gasteiger partial charge in [0.15, 0.2) is 0 Å². The third kappa shape index (κ3) is 4.31. The summed E-state index contributed by atoms with van der Waals surface area (Å²) < 4.78 is 0. The van der Waals surface area contributed by atoms with Crippen LogP contribution in [0, 0.1) is 11.8 Å². The molecular formula is C27H31N3O3. The van der Waals surface area contributed by atoms with E-state index in [4.69, 9.17) is 0 Å². The molecule has 0 bridgehead atoms. The van der Waals surface area contributed by atoms with Crippen LogP contribution in [0.4, 0.5) is 0 Å². The van der Waals surface area contributed by atoms with Crippen molar-refractivity contribution in [1.82, 2.24) is 14.8 Å². The Labute approximate surface area is 195 Å². The molecule has 2 aromatic rings. The minimum atomic E-state index is -1.13. The van der Waals surface area contributed by atoms with Gasteiger partial charge in [-0.15, -0.1) is 0 Å². The Bertz CT molecular complexity index is 1020. The molecule has 1 aromatic carbocycles. The molecule has 172 valence electrons. The van der Waals surface area contributed by atoms with E-state index in [-0.39, 0.29) is 43.1 Å². The van der Waals surface area contributed by atoms with Crippen LogP contribution >= 0.6 is 0 Å². The Morgan fingerprint density at radius 3 is 2.33 bits per heavy atom. The minimum Gasteiger partial charge on any atom is -0.342 e. The Morgan fingerprint density at radius 1 is 1.06 bits per heavy atom. The molecule has 0 unspecified atom stereocenters. The number of benzene rings is 1. The summed E-state index contributed by atoms with van der Waals surface area (Å²) in [6.07, 6.45) is 7.01. The van der Waals surface area contributed by atoms with Gasteiger partial charge in [-0.1, -0.05) is 36.4 Å². The molecule has 0 radical (unpaired) electrons. The van der Waals surface area contributed by atoms with Gasteiger partial charge < -0.3 is 4.90 Å². The maximum absolute atomic E-state index is 13.8. The van der Waals surface area contributed by atoms with Crippen molar-refractivity contribution in [1.29, 1.82) is 0 Å². The Balaban J connectivity index is 1.39. The van der Waals surface area contributed by atoms with Crippen LogP contribution in [-0.4, -0.2) is 52.1 Å². The van der Waals surface area contributed by atoms with Crippen LogP contribution in [0.3, 0.4) is 0 Å². The third-order valence-electron chi connectivity index (χ3n) is 7.56. The molecule has 3 aliphatic rings. The van der Waals surface area contributed by atoms with E-state index in [0.29, 0.717) is 18.3 Å². The van der Waals surface area contributed by atoms with Crippen molar-refractivity contribution in [3.05, 3.63) is 66.0 Å². The molecule has 1 saturated heterocycles. The highest BCUT2D eigenvalue weighted by molar-refractivity contribution is 6.10. The number of aromatic nitrogens is 1. The van der Waals surface area contributed by atoms with Gasteiger partial charge in [-0.3, -0.25) is 24.3 Å². The topological polar surface area (TPSA) is 70.6 Å². The van der Waals surface area contributed by atoms with Crippen LogP contribution < -0.4 is 0 Å². The van der Waals surface area contributed by atoms with Crippen LogP contribution in [0.2, 0.25) is 0 Å². The van der Waals surface area contributed by atoms with Crippen LogP contribution in [0.15, 0.2) is 54.7 Å². The molecule has 2 saturated carbocycles. The Kier molecular flexibility index (Phi) is 5.77. The SMILES string of the molecule is CN(C(=O)C[C@@]1(c2ccccc2)CC(=O)N(CCc2ccccn2)C1=O)C(C1CC1)C1CC1. The maximum Gasteiger partial charge on any atom is 0.240 e. The number of rotatable bonds is 9. The molecule has 1 aliphatic heterocycles. The van der Waals surface area contributed by atoms with E-state index in [1.165, 1.54) is 30.6 Å². The number of amides is 3. The van der Waals surface area contributed by atoms with Crippen molar-refractivity contribution in [2.75, 3.05) is 13.6 Å². The van der Waals surface area contributed by atoms with Gasteiger partial charge in [-0.25, -0.2) is 0 Å². The summed E-state index contributed by atoms with van der Waals surface area (Å²) in [5.41, 5.74) is 0.452. The van der Waals surface area contributed by atoms with E-state index >= 15 is 0 Å². The smallest absolute Gasteiger partial charge is 0.240 e. The van der Waals surface area contributed by atoms with Crippen LogP contribution in [0.5, 0.6) is 0 Å². The first-order valence-corrected chi connectivity index (χ1v) is 12.1. The Hall–Kier alpha value is -3.02. The lowest BCUT2D eigenvalue weighted by atomic mass is 9.75. The summed E-state index contributed by atoms with van der Waals surface area (Å²) in [5.74, 6) is 0.683. The van der Waals surface area contributed by atoms with E-state index in [1.54, 1.807) is 6.20 Å². The molecule has 1 aromatic heterocycles. The first kappa shape index (κ1) is 21.8.